The van der Waals surface area contributed by atoms with Gasteiger partial charge >= 0.3 is 0 Å². The first-order valence-corrected chi connectivity index (χ1v) is 8.62. The highest BCUT2D eigenvalue weighted by atomic mass is 79.9. The van der Waals surface area contributed by atoms with E-state index >= 15 is 0 Å². The van der Waals surface area contributed by atoms with Gasteiger partial charge in [0, 0.05) is 10.0 Å². The second-order valence-electron chi connectivity index (χ2n) is 5.08. The number of carbonyl (C=O) groups is 1. The van der Waals surface area contributed by atoms with Crippen LogP contribution in [-0.4, -0.2) is 16.6 Å². The van der Waals surface area contributed by atoms with Gasteiger partial charge in [-0.15, -0.1) is 11.3 Å². The number of benzene rings is 2. The van der Waals surface area contributed by atoms with Gasteiger partial charge in [-0.05, 0) is 43.7 Å². The lowest BCUT2D eigenvalue weighted by Gasteiger charge is -2.05. The number of aromatic nitrogens is 1. The van der Waals surface area contributed by atoms with Crippen LogP contribution in [0.2, 0.25) is 0 Å². The summed E-state index contributed by atoms with van der Waals surface area (Å²) in [6.07, 6.45) is 0. The first-order chi connectivity index (χ1) is 11.0. The van der Waals surface area contributed by atoms with Gasteiger partial charge in [0.15, 0.2) is 0 Å². The highest BCUT2D eigenvalue weighted by molar-refractivity contribution is 9.10. The number of aryl methyl sites for hydroxylation is 1. The Morgan fingerprint density at radius 1 is 1.26 bits per heavy atom. The van der Waals surface area contributed by atoms with E-state index in [0.717, 1.165) is 25.3 Å². The Labute approximate surface area is 146 Å². The molecule has 0 saturated heterocycles. The number of fused-ring (bicyclic) bond motifs is 1. The van der Waals surface area contributed by atoms with E-state index in [1.165, 1.54) is 0 Å². The number of rotatable bonds is 3. The number of nitrogens with zero attached hydrogens (tertiary/aromatic N) is 2. The summed E-state index contributed by atoms with van der Waals surface area (Å²) in [5.41, 5.74) is 5.73. The van der Waals surface area contributed by atoms with E-state index in [1.807, 2.05) is 50.2 Å². The summed E-state index contributed by atoms with van der Waals surface area (Å²) >= 11 is 4.93. The number of nitrogens with one attached hydrogen (secondary N) is 1. The first-order valence-electron chi connectivity index (χ1n) is 7.01. The number of carbonyl (C=O) groups excluding carboxylic acids is 1. The van der Waals surface area contributed by atoms with Crippen molar-refractivity contribution in [3.05, 3.63) is 63.1 Å². The second kappa shape index (κ2) is 6.60. The molecule has 0 fully saturated rings. The molecule has 1 heterocycles. The molecular formula is C17H14BrN3OS. The van der Waals surface area contributed by atoms with Gasteiger partial charge < -0.3 is 0 Å². The predicted octanol–water partition coefficient (Wildman–Crippen LogP) is 4.52. The monoisotopic (exact) mass is 387 g/mol. The number of hydrogen-bond donors (Lipinski definition) is 1. The molecule has 23 heavy (non-hydrogen) atoms. The number of hydrazone groups is 1. The lowest BCUT2D eigenvalue weighted by molar-refractivity contribution is 0.0954. The normalized spacial score (nSPS) is 11.7. The molecule has 3 aromatic rings. The van der Waals surface area contributed by atoms with E-state index in [2.05, 4.69) is 31.4 Å². The van der Waals surface area contributed by atoms with Crippen LogP contribution in [0.1, 0.15) is 27.9 Å². The molecule has 1 N–H and O–H groups in total. The number of thiazole rings is 1. The molecule has 116 valence electrons. The molecule has 0 atom stereocenters. The third-order valence-electron chi connectivity index (χ3n) is 3.37. The summed E-state index contributed by atoms with van der Waals surface area (Å²) in [5, 5.41) is 4.99. The standard InChI is InChI=1S/C17H14BrN3OS/c1-10-7-8-12(18)9-13(10)16(22)21-20-11(2)17-19-14-5-3-4-6-15(14)23-17/h3-9H,1-2H3,(H,21,22). The maximum absolute atomic E-state index is 12.3. The molecule has 1 aromatic heterocycles. The maximum atomic E-state index is 12.3. The number of halogens is 1. The average molecular weight is 388 g/mol. The van der Waals surface area contributed by atoms with Crippen LogP contribution < -0.4 is 5.43 Å². The van der Waals surface area contributed by atoms with E-state index in [9.17, 15) is 4.79 Å². The van der Waals surface area contributed by atoms with E-state index in [0.29, 0.717) is 11.3 Å². The Bertz CT molecular complexity index is 884. The van der Waals surface area contributed by atoms with Crippen LogP contribution in [0.4, 0.5) is 0 Å². The minimum Gasteiger partial charge on any atom is -0.267 e. The Kier molecular flexibility index (Phi) is 4.54. The molecule has 0 saturated carbocycles. The highest BCUT2D eigenvalue weighted by Gasteiger charge is 2.10. The summed E-state index contributed by atoms with van der Waals surface area (Å²) in [4.78, 5) is 16.8. The van der Waals surface area contributed by atoms with Crippen molar-refractivity contribution in [2.24, 2.45) is 5.10 Å². The van der Waals surface area contributed by atoms with Crippen molar-refractivity contribution in [1.29, 1.82) is 0 Å². The van der Waals surface area contributed by atoms with Crippen LogP contribution in [0.3, 0.4) is 0 Å². The Morgan fingerprint density at radius 2 is 2.04 bits per heavy atom. The fraction of sp³-hybridized carbons (Fsp3) is 0.118. The summed E-state index contributed by atoms with van der Waals surface area (Å²) in [5.74, 6) is -0.232. The fourth-order valence-corrected chi connectivity index (χ4v) is 3.38. The molecule has 2 aromatic carbocycles. The summed E-state index contributed by atoms with van der Waals surface area (Å²) in [6.45, 7) is 3.73. The van der Waals surface area contributed by atoms with Gasteiger partial charge in [-0.3, -0.25) is 4.79 Å². The van der Waals surface area contributed by atoms with Crippen molar-refractivity contribution in [2.75, 3.05) is 0 Å². The third-order valence-corrected chi connectivity index (χ3v) is 5.01. The summed E-state index contributed by atoms with van der Waals surface area (Å²) < 4.78 is 1.96. The van der Waals surface area contributed by atoms with E-state index in [4.69, 9.17) is 0 Å². The Hall–Kier alpha value is -2.05. The number of para-hydroxylation sites is 1. The molecule has 0 aliphatic carbocycles. The second-order valence-corrected chi connectivity index (χ2v) is 7.03. The minimum atomic E-state index is -0.232. The molecule has 0 spiro atoms. The van der Waals surface area contributed by atoms with Crippen LogP contribution >= 0.6 is 27.3 Å². The van der Waals surface area contributed by atoms with Gasteiger partial charge in [-0.1, -0.05) is 34.1 Å². The Morgan fingerprint density at radius 3 is 2.83 bits per heavy atom. The minimum absolute atomic E-state index is 0.232. The van der Waals surface area contributed by atoms with Crippen LogP contribution in [0, 0.1) is 6.92 Å². The third kappa shape index (κ3) is 3.48. The fourth-order valence-electron chi connectivity index (χ4n) is 2.11. The van der Waals surface area contributed by atoms with Crippen LogP contribution in [0.5, 0.6) is 0 Å². The Balaban J connectivity index is 1.81. The molecule has 0 aliphatic rings. The highest BCUT2D eigenvalue weighted by Crippen LogP contribution is 2.22. The van der Waals surface area contributed by atoms with Gasteiger partial charge in [0.2, 0.25) is 0 Å². The SMILES string of the molecule is CC(=NNC(=O)c1cc(Br)ccc1C)c1nc2ccccc2s1. The molecule has 4 nitrogen and oxygen atoms in total. The van der Waals surface area contributed by atoms with E-state index in [1.54, 1.807) is 17.4 Å². The molecule has 3 rings (SSSR count). The van der Waals surface area contributed by atoms with Crippen LogP contribution in [-0.2, 0) is 0 Å². The average Bonchev–Trinajstić information content (AvgIpc) is 2.98. The molecule has 0 radical (unpaired) electrons. The molecule has 0 bridgehead atoms. The smallest absolute Gasteiger partial charge is 0.267 e. The van der Waals surface area contributed by atoms with Gasteiger partial charge in [0.1, 0.15) is 5.01 Å². The first kappa shape index (κ1) is 15.8. The van der Waals surface area contributed by atoms with E-state index < -0.39 is 0 Å². The quantitative estimate of drug-likeness (QED) is 0.530. The topological polar surface area (TPSA) is 54.4 Å². The number of hydrogen-bond acceptors (Lipinski definition) is 4. The summed E-state index contributed by atoms with van der Waals surface area (Å²) in [6, 6.07) is 13.5. The van der Waals surface area contributed by atoms with Crippen LogP contribution in [0.25, 0.3) is 10.2 Å². The van der Waals surface area contributed by atoms with Gasteiger partial charge in [-0.2, -0.15) is 5.10 Å². The van der Waals surface area contributed by atoms with Crippen molar-refractivity contribution in [1.82, 2.24) is 10.4 Å². The van der Waals surface area contributed by atoms with Gasteiger partial charge in [0.05, 0.1) is 15.9 Å². The zero-order valence-electron chi connectivity index (χ0n) is 12.6. The van der Waals surface area contributed by atoms with Crippen molar-refractivity contribution in [3.8, 4) is 0 Å². The molecule has 0 aliphatic heterocycles. The van der Waals surface area contributed by atoms with Crippen molar-refractivity contribution < 1.29 is 4.79 Å². The van der Waals surface area contributed by atoms with Crippen LogP contribution in [0.15, 0.2) is 52.0 Å². The lowest BCUT2D eigenvalue weighted by Crippen LogP contribution is -2.20. The largest absolute Gasteiger partial charge is 0.271 e. The van der Waals surface area contributed by atoms with Gasteiger partial charge in [0.25, 0.3) is 5.91 Å². The molecular weight excluding hydrogens is 374 g/mol. The van der Waals surface area contributed by atoms with Crippen molar-refractivity contribution in [3.63, 3.8) is 0 Å². The molecule has 0 unspecified atom stereocenters. The van der Waals surface area contributed by atoms with Gasteiger partial charge in [-0.25, -0.2) is 10.4 Å². The molecule has 1 amide bonds. The lowest BCUT2D eigenvalue weighted by atomic mass is 10.1. The molecule has 6 heteroatoms. The zero-order chi connectivity index (χ0) is 16.4. The maximum Gasteiger partial charge on any atom is 0.271 e. The van der Waals surface area contributed by atoms with Crippen molar-refractivity contribution in [2.45, 2.75) is 13.8 Å². The van der Waals surface area contributed by atoms with E-state index in [-0.39, 0.29) is 5.91 Å². The number of amides is 1. The summed E-state index contributed by atoms with van der Waals surface area (Å²) in [7, 11) is 0. The van der Waals surface area contributed by atoms with Crippen molar-refractivity contribution >= 4 is 49.1 Å². The predicted molar refractivity (Wildman–Crippen MR) is 98.2 cm³/mol. The zero-order valence-corrected chi connectivity index (χ0v) is 15.0.